The maximum Gasteiger partial charge on any atom is 0.339 e. The van der Waals surface area contributed by atoms with E-state index in [0.717, 1.165) is 0 Å². The minimum atomic E-state index is -0.519. The molecule has 0 fully saturated rings. The number of esters is 1. The summed E-state index contributed by atoms with van der Waals surface area (Å²) in [6.45, 7) is 0. The fraction of sp³-hybridized carbons (Fsp3) is 0.100. The lowest BCUT2D eigenvalue weighted by molar-refractivity contribution is -0.113. The number of nitrogens with zero attached hydrogens (tertiary/aromatic N) is 4. The summed E-state index contributed by atoms with van der Waals surface area (Å²) < 4.78 is 13.8. The van der Waals surface area contributed by atoms with E-state index in [4.69, 9.17) is 9.15 Å². The van der Waals surface area contributed by atoms with Crippen molar-refractivity contribution in [2.24, 2.45) is 0 Å². The van der Waals surface area contributed by atoms with Crippen LogP contribution < -0.4 is 5.32 Å². The van der Waals surface area contributed by atoms with Gasteiger partial charge < -0.3 is 14.5 Å². The molecule has 9 nitrogen and oxygen atoms in total. The van der Waals surface area contributed by atoms with Crippen molar-refractivity contribution in [3.63, 3.8) is 0 Å². The average Bonchev–Trinajstić information content (AvgIpc) is 3.53. The Balaban J connectivity index is 1.52. The van der Waals surface area contributed by atoms with Gasteiger partial charge in [-0.1, -0.05) is 23.9 Å². The molecule has 0 radical (unpaired) electrons. The summed E-state index contributed by atoms with van der Waals surface area (Å²) in [7, 11) is 1.29. The maximum absolute atomic E-state index is 12.5. The van der Waals surface area contributed by atoms with E-state index >= 15 is 0 Å². The van der Waals surface area contributed by atoms with Crippen LogP contribution in [0.5, 0.6) is 0 Å². The quantitative estimate of drug-likeness (QED) is 0.360. The zero-order chi connectivity index (χ0) is 20.9. The maximum atomic E-state index is 12.5. The highest BCUT2D eigenvalue weighted by Crippen LogP contribution is 2.25. The molecular weight excluding hydrogens is 406 g/mol. The van der Waals surface area contributed by atoms with Crippen LogP contribution in [0.1, 0.15) is 10.4 Å². The summed E-state index contributed by atoms with van der Waals surface area (Å²) in [4.78, 5) is 24.4. The Hall–Kier alpha value is -3.79. The number of carbonyl (C=O) groups excluding carboxylic acids is 2. The molecule has 0 aliphatic rings. The van der Waals surface area contributed by atoms with Gasteiger partial charge in [0, 0.05) is 12.4 Å². The molecule has 10 heteroatoms. The number of carbonyl (C=O) groups is 2. The lowest BCUT2D eigenvalue weighted by Crippen LogP contribution is -2.18. The third-order valence-electron chi connectivity index (χ3n) is 4.11. The Morgan fingerprint density at radius 1 is 1.10 bits per heavy atom. The van der Waals surface area contributed by atoms with Crippen LogP contribution in [0.25, 0.3) is 11.6 Å². The van der Waals surface area contributed by atoms with E-state index in [-0.39, 0.29) is 17.2 Å². The predicted molar refractivity (Wildman–Crippen MR) is 110 cm³/mol. The number of thioether (sulfide) groups is 1. The van der Waals surface area contributed by atoms with Gasteiger partial charge in [0.2, 0.25) is 16.9 Å². The second-order valence-corrected chi connectivity index (χ2v) is 6.97. The molecule has 0 unspecified atom stereocenters. The summed E-state index contributed by atoms with van der Waals surface area (Å²) in [5.41, 5.74) is 0.673. The fourth-order valence-electron chi connectivity index (χ4n) is 2.78. The van der Waals surface area contributed by atoms with Gasteiger partial charge in [-0.15, -0.1) is 10.2 Å². The third-order valence-corrected chi connectivity index (χ3v) is 5.03. The first-order valence-corrected chi connectivity index (χ1v) is 9.89. The topological polar surface area (TPSA) is 104 Å². The fourth-order valence-corrected chi connectivity index (χ4v) is 3.51. The normalized spacial score (nSPS) is 10.7. The molecule has 3 aromatic heterocycles. The van der Waals surface area contributed by atoms with E-state index in [1.54, 1.807) is 52.0 Å². The molecule has 4 aromatic rings. The highest BCUT2D eigenvalue weighted by molar-refractivity contribution is 7.99. The molecule has 1 aromatic carbocycles. The summed E-state index contributed by atoms with van der Waals surface area (Å²) in [6, 6.07) is 14.0. The molecule has 30 heavy (non-hydrogen) atoms. The molecule has 152 valence electrons. The van der Waals surface area contributed by atoms with Crippen LogP contribution in [-0.4, -0.2) is 44.3 Å². The van der Waals surface area contributed by atoms with Crippen LogP contribution in [0.15, 0.2) is 76.8 Å². The highest BCUT2D eigenvalue weighted by atomic mass is 32.2. The number of ether oxygens (including phenoxy) is 1. The first kappa shape index (κ1) is 19.5. The van der Waals surface area contributed by atoms with Gasteiger partial charge in [0.1, 0.15) is 0 Å². The van der Waals surface area contributed by atoms with Crippen LogP contribution in [0.3, 0.4) is 0 Å². The van der Waals surface area contributed by atoms with Crippen LogP contribution in [-0.2, 0) is 9.53 Å². The van der Waals surface area contributed by atoms with Gasteiger partial charge in [-0.2, -0.15) is 0 Å². The van der Waals surface area contributed by atoms with Crippen molar-refractivity contribution in [2.75, 3.05) is 18.2 Å². The van der Waals surface area contributed by atoms with Crippen molar-refractivity contribution in [1.82, 2.24) is 19.5 Å². The lowest BCUT2D eigenvalue weighted by Gasteiger charge is -2.11. The molecule has 1 amide bonds. The molecule has 1 N–H and O–H groups in total. The second-order valence-electron chi connectivity index (χ2n) is 6.03. The molecule has 0 spiro atoms. The van der Waals surface area contributed by atoms with E-state index < -0.39 is 5.97 Å². The Bertz CT molecular complexity index is 1150. The van der Waals surface area contributed by atoms with Gasteiger partial charge >= 0.3 is 5.97 Å². The molecule has 0 aliphatic carbocycles. The Morgan fingerprint density at radius 2 is 1.90 bits per heavy atom. The molecular formula is C20H17N5O4S. The van der Waals surface area contributed by atoms with Gasteiger partial charge in [-0.3, -0.25) is 9.47 Å². The Kier molecular flexibility index (Phi) is 5.66. The van der Waals surface area contributed by atoms with Gasteiger partial charge in [0.15, 0.2) is 5.76 Å². The zero-order valence-corrected chi connectivity index (χ0v) is 16.7. The summed E-state index contributed by atoms with van der Waals surface area (Å²) in [6.07, 6.45) is 5.24. The number of nitrogens with one attached hydrogen (secondary N) is 1. The van der Waals surface area contributed by atoms with Crippen molar-refractivity contribution >= 4 is 29.3 Å². The molecule has 0 aliphatic heterocycles. The van der Waals surface area contributed by atoms with Gasteiger partial charge in [0.05, 0.1) is 30.4 Å². The highest BCUT2D eigenvalue weighted by Gasteiger charge is 2.19. The largest absolute Gasteiger partial charge is 0.465 e. The number of anilines is 1. The summed E-state index contributed by atoms with van der Waals surface area (Å²) in [5.74, 6) is 0.314. The number of hydrogen-bond acceptors (Lipinski definition) is 7. The lowest BCUT2D eigenvalue weighted by atomic mass is 10.2. The third kappa shape index (κ3) is 3.98. The van der Waals surface area contributed by atoms with Gasteiger partial charge in [-0.25, -0.2) is 9.47 Å². The number of aromatic nitrogens is 4. The first-order valence-electron chi connectivity index (χ1n) is 8.90. The Labute approximate surface area is 175 Å². The number of furan rings is 1. The SMILES string of the molecule is COC(=O)c1ccccc1NC(=O)CSc1nnc(-c2ccco2)n1-n1cccc1. The molecule has 0 atom stereocenters. The molecule has 0 saturated carbocycles. The summed E-state index contributed by atoms with van der Waals surface area (Å²) >= 11 is 1.21. The molecule has 0 saturated heterocycles. The predicted octanol–water partition coefficient (Wildman–Crippen LogP) is 3.17. The van der Waals surface area contributed by atoms with Crippen molar-refractivity contribution in [3.05, 3.63) is 72.8 Å². The number of hydrogen-bond donors (Lipinski definition) is 1. The van der Waals surface area contributed by atoms with Gasteiger partial charge in [0.25, 0.3) is 0 Å². The van der Waals surface area contributed by atoms with E-state index in [1.165, 1.54) is 18.9 Å². The first-order chi connectivity index (χ1) is 14.7. The van der Waals surface area contributed by atoms with Gasteiger partial charge in [-0.05, 0) is 36.4 Å². The monoisotopic (exact) mass is 423 g/mol. The number of para-hydroxylation sites is 1. The van der Waals surface area contributed by atoms with Crippen molar-refractivity contribution in [3.8, 4) is 11.6 Å². The number of rotatable bonds is 7. The van der Waals surface area contributed by atoms with E-state index in [2.05, 4.69) is 15.5 Å². The molecule has 4 rings (SSSR count). The number of amides is 1. The van der Waals surface area contributed by atoms with Crippen molar-refractivity contribution in [1.29, 1.82) is 0 Å². The second kappa shape index (κ2) is 8.70. The van der Waals surface area contributed by atoms with Crippen LogP contribution in [0.4, 0.5) is 5.69 Å². The van der Waals surface area contributed by atoms with Crippen molar-refractivity contribution < 1.29 is 18.7 Å². The Morgan fingerprint density at radius 3 is 2.63 bits per heavy atom. The zero-order valence-electron chi connectivity index (χ0n) is 15.9. The molecule has 0 bridgehead atoms. The number of methoxy groups -OCH3 is 1. The standard InChI is InChI=1S/C20H17N5O4S/c1-28-19(27)14-7-2-3-8-15(14)21-17(26)13-30-20-23-22-18(16-9-6-12-29-16)25(20)24-10-4-5-11-24/h2-12H,13H2,1H3,(H,21,26). The smallest absolute Gasteiger partial charge is 0.339 e. The minimum Gasteiger partial charge on any atom is -0.465 e. The molecule has 3 heterocycles. The number of benzene rings is 1. The average molecular weight is 423 g/mol. The van der Waals surface area contributed by atoms with Crippen LogP contribution in [0.2, 0.25) is 0 Å². The van der Waals surface area contributed by atoms with E-state index in [9.17, 15) is 9.59 Å². The van der Waals surface area contributed by atoms with Crippen LogP contribution >= 0.6 is 11.8 Å². The minimum absolute atomic E-state index is 0.0626. The van der Waals surface area contributed by atoms with E-state index in [0.29, 0.717) is 22.4 Å². The summed E-state index contributed by atoms with van der Waals surface area (Å²) in [5, 5.41) is 11.7. The van der Waals surface area contributed by atoms with Crippen molar-refractivity contribution in [2.45, 2.75) is 5.16 Å². The van der Waals surface area contributed by atoms with Crippen LogP contribution in [0, 0.1) is 0 Å². The van der Waals surface area contributed by atoms with E-state index in [1.807, 2.05) is 24.5 Å².